The molecule has 1 aromatic heterocycles. The van der Waals surface area contributed by atoms with Gasteiger partial charge >= 0.3 is 0 Å². The second kappa shape index (κ2) is 5.47. The van der Waals surface area contributed by atoms with E-state index in [9.17, 15) is 4.79 Å². The zero-order valence-corrected chi connectivity index (χ0v) is 12.1. The molecule has 2 aliphatic heterocycles. The molecule has 1 amide bonds. The normalized spacial score (nSPS) is 24.7. The number of nitrogens with two attached hydrogens (primary N) is 1. The molecule has 1 aromatic rings. The van der Waals surface area contributed by atoms with Crippen molar-refractivity contribution >= 4 is 29.4 Å². The molecule has 0 aliphatic carbocycles. The van der Waals surface area contributed by atoms with Gasteiger partial charge in [0, 0.05) is 17.7 Å². The second-order valence-electron chi connectivity index (χ2n) is 4.37. The summed E-state index contributed by atoms with van der Waals surface area (Å²) in [4.78, 5) is 13.3. The van der Waals surface area contributed by atoms with Gasteiger partial charge in [-0.2, -0.15) is 0 Å². The van der Waals surface area contributed by atoms with Crippen LogP contribution in [0.5, 0.6) is 0 Å². The molecular weight excluding hydrogens is 296 g/mol. The SMILES string of the molecule is C#CCn1nnnc1SCC1=CN2C(=O)C(N)[C@@H]2SC1. The number of tetrazole rings is 1. The highest BCUT2D eigenvalue weighted by Gasteiger charge is 2.46. The summed E-state index contributed by atoms with van der Waals surface area (Å²) in [7, 11) is 0. The summed E-state index contributed by atoms with van der Waals surface area (Å²) in [6.07, 6.45) is 7.15. The Balaban J connectivity index is 1.62. The molecule has 104 valence electrons. The van der Waals surface area contributed by atoms with Gasteiger partial charge in [-0.1, -0.05) is 17.7 Å². The Morgan fingerprint density at radius 2 is 2.50 bits per heavy atom. The van der Waals surface area contributed by atoms with E-state index in [1.165, 1.54) is 11.8 Å². The molecule has 0 aromatic carbocycles. The molecular formula is C11H12N6OS2. The van der Waals surface area contributed by atoms with E-state index >= 15 is 0 Å². The molecule has 9 heteroatoms. The number of hydrogen-bond acceptors (Lipinski definition) is 7. The zero-order valence-electron chi connectivity index (χ0n) is 10.5. The van der Waals surface area contributed by atoms with Crippen LogP contribution >= 0.6 is 23.5 Å². The Morgan fingerprint density at radius 3 is 3.30 bits per heavy atom. The summed E-state index contributed by atoms with van der Waals surface area (Å²) in [6.45, 7) is 0.352. The number of carbonyl (C=O) groups is 1. The third-order valence-corrected chi connectivity index (χ3v) is 5.47. The van der Waals surface area contributed by atoms with Gasteiger partial charge in [0.15, 0.2) is 0 Å². The molecule has 0 saturated carbocycles. The molecule has 3 rings (SSSR count). The highest BCUT2D eigenvalue weighted by Crippen LogP contribution is 2.36. The first-order valence-electron chi connectivity index (χ1n) is 5.92. The molecule has 0 bridgehead atoms. The first kappa shape index (κ1) is 13.5. The van der Waals surface area contributed by atoms with Crippen LogP contribution in [-0.4, -0.2) is 53.9 Å². The first-order chi connectivity index (χ1) is 9.70. The summed E-state index contributed by atoms with van der Waals surface area (Å²) in [5.74, 6) is 4.08. The van der Waals surface area contributed by atoms with E-state index < -0.39 is 0 Å². The van der Waals surface area contributed by atoms with Crippen molar-refractivity contribution in [3.05, 3.63) is 11.8 Å². The number of thioether (sulfide) groups is 2. The van der Waals surface area contributed by atoms with Gasteiger partial charge in [0.2, 0.25) is 11.1 Å². The Morgan fingerprint density at radius 1 is 1.65 bits per heavy atom. The third kappa shape index (κ3) is 2.30. The van der Waals surface area contributed by atoms with Crippen LogP contribution < -0.4 is 5.73 Å². The minimum atomic E-state index is -0.353. The fourth-order valence-electron chi connectivity index (χ4n) is 1.98. The summed E-state index contributed by atoms with van der Waals surface area (Å²) in [5.41, 5.74) is 6.89. The maximum Gasteiger partial charge on any atom is 0.247 e. The number of amides is 1. The van der Waals surface area contributed by atoms with Gasteiger partial charge < -0.3 is 10.6 Å². The molecule has 1 saturated heterocycles. The Bertz CT molecular complexity index is 606. The van der Waals surface area contributed by atoms with Crippen molar-refractivity contribution in [3.8, 4) is 12.3 Å². The number of fused-ring (bicyclic) bond motifs is 1. The molecule has 2 N–H and O–H groups in total. The minimum Gasteiger partial charge on any atom is -0.317 e. The van der Waals surface area contributed by atoms with Crippen LogP contribution in [0.15, 0.2) is 16.9 Å². The standard InChI is InChI=1S/C11H12N6OS2/c1-2-3-17-11(13-14-15-17)20-6-7-4-16-9(18)8(12)10(16)19-5-7/h1,4,8,10H,3,5-6,12H2/t8?,10-/m0/s1. The molecule has 2 atom stereocenters. The fraction of sp³-hybridized carbons (Fsp3) is 0.455. The lowest BCUT2D eigenvalue weighted by Crippen LogP contribution is -2.66. The number of β-lactam (4-membered cyclic amide) rings is 1. The Hall–Kier alpha value is -1.50. The summed E-state index contributed by atoms with van der Waals surface area (Å²) < 4.78 is 1.58. The summed E-state index contributed by atoms with van der Waals surface area (Å²) in [5, 5.41) is 12.1. The lowest BCUT2D eigenvalue weighted by atomic mass is 10.1. The van der Waals surface area contributed by atoms with Crippen LogP contribution in [0.2, 0.25) is 0 Å². The maximum absolute atomic E-state index is 11.6. The van der Waals surface area contributed by atoms with Crippen LogP contribution in [0.4, 0.5) is 0 Å². The predicted molar refractivity (Wildman–Crippen MR) is 76.5 cm³/mol. The van der Waals surface area contributed by atoms with Crippen molar-refractivity contribution in [2.45, 2.75) is 23.1 Å². The largest absolute Gasteiger partial charge is 0.317 e. The predicted octanol–water partition coefficient (Wildman–Crippen LogP) is -0.475. The minimum absolute atomic E-state index is 0.0122. The maximum atomic E-state index is 11.6. The van der Waals surface area contributed by atoms with Crippen molar-refractivity contribution < 1.29 is 4.79 Å². The smallest absolute Gasteiger partial charge is 0.247 e. The average molecular weight is 308 g/mol. The van der Waals surface area contributed by atoms with Gasteiger partial charge in [-0.3, -0.25) is 4.79 Å². The summed E-state index contributed by atoms with van der Waals surface area (Å²) >= 11 is 3.20. The van der Waals surface area contributed by atoms with Crippen molar-refractivity contribution in [1.82, 2.24) is 25.1 Å². The lowest BCUT2D eigenvalue weighted by molar-refractivity contribution is -0.140. The van der Waals surface area contributed by atoms with Gasteiger partial charge in [0.25, 0.3) is 0 Å². The van der Waals surface area contributed by atoms with E-state index in [2.05, 4.69) is 21.4 Å². The second-order valence-corrected chi connectivity index (χ2v) is 6.42. The van der Waals surface area contributed by atoms with Crippen LogP contribution in [0.3, 0.4) is 0 Å². The van der Waals surface area contributed by atoms with E-state index in [0.717, 1.165) is 17.1 Å². The van der Waals surface area contributed by atoms with Gasteiger partial charge in [0.05, 0.1) is 0 Å². The molecule has 1 fully saturated rings. The molecule has 1 unspecified atom stereocenters. The van der Waals surface area contributed by atoms with Gasteiger partial charge in [-0.15, -0.1) is 23.3 Å². The van der Waals surface area contributed by atoms with Crippen LogP contribution in [0, 0.1) is 12.3 Å². The molecule has 2 aliphatic rings. The first-order valence-corrected chi connectivity index (χ1v) is 7.95. The van der Waals surface area contributed by atoms with Crippen LogP contribution in [0.25, 0.3) is 0 Å². The molecule has 7 nitrogen and oxygen atoms in total. The van der Waals surface area contributed by atoms with E-state index in [-0.39, 0.29) is 17.3 Å². The highest BCUT2D eigenvalue weighted by atomic mass is 32.2. The lowest BCUT2D eigenvalue weighted by Gasteiger charge is -2.45. The average Bonchev–Trinajstić information content (AvgIpc) is 2.92. The van der Waals surface area contributed by atoms with Crippen LogP contribution in [0.1, 0.15) is 0 Å². The number of hydrogen-bond donors (Lipinski definition) is 1. The summed E-state index contributed by atoms with van der Waals surface area (Å²) in [6, 6.07) is -0.353. The number of rotatable bonds is 4. The van der Waals surface area contributed by atoms with Crippen molar-refractivity contribution in [1.29, 1.82) is 0 Å². The fourth-order valence-corrected chi connectivity index (χ4v) is 4.15. The number of nitrogens with zero attached hydrogens (tertiary/aromatic N) is 5. The van der Waals surface area contributed by atoms with Crippen molar-refractivity contribution in [2.75, 3.05) is 11.5 Å². The van der Waals surface area contributed by atoms with Gasteiger partial charge in [-0.25, -0.2) is 4.68 Å². The Kier molecular flexibility index (Phi) is 3.69. The van der Waals surface area contributed by atoms with Gasteiger partial charge in [0.1, 0.15) is 18.0 Å². The molecule has 0 radical (unpaired) electrons. The van der Waals surface area contributed by atoms with Crippen LogP contribution in [-0.2, 0) is 11.3 Å². The van der Waals surface area contributed by atoms with Gasteiger partial charge in [-0.05, 0) is 16.0 Å². The topological polar surface area (TPSA) is 89.9 Å². The van der Waals surface area contributed by atoms with Crippen molar-refractivity contribution in [3.63, 3.8) is 0 Å². The number of terminal acetylenes is 1. The molecule has 0 spiro atoms. The number of aromatic nitrogens is 4. The zero-order chi connectivity index (χ0) is 14.1. The third-order valence-electron chi connectivity index (χ3n) is 3.01. The van der Waals surface area contributed by atoms with E-state index in [1.54, 1.807) is 21.3 Å². The monoisotopic (exact) mass is 308 g/mol. The quantitative estimate of drug-likeness (QED) is 0.456. The Labute approximate surface area is 124 Å². The van der Waals surface area contributed by atoms with E-state index in [4.69, 9.17) is 12.2 Å². The van der Waals surface area contributed by atoms with E-state index in [1.807, 2.05) is 6.20 Å². The molecule has 20 heavy (non-hydrogen) atoms. The highest BCUT2D eigenvalue weighted by molar-refractivity contribution is 8.01. The van der Waals surface area contributed by atoms with Crippen molar-refractivity contribution in [2.24, 2.45) is 5.73 Å². The number of carbonyl (C=O) groups excluding carboxylic acids is 1. The molecule has 3 heterocycles. The van der Waals surface area contributed by atoms with E-state index in [0.29, 0.717) is 11.7 Å².